The molecule has 2 rings (SSSR count). The molecule has 0 saturated carbocycles. The first-order valence-electron chi connectivity index (χ1n) is 7.87. The first-order valence-corrected chi connectivity index (χ1v) is 7.87. The van der Waals surface area contributed by atoms with Crippen molar-refractivity contribution in [2.75, 3.05) is 13.1 Å². The Bertz CT molecular complexity index is 414. The summed E-state index contributed by atoms with van der Waals surface area (Å²) in [5.74, 6) is 1.66. The van der Waals surface area contributed by atoms with Crippen LogP contribution in [0.25, 0.3) is 0 Å². The van der Waals surface area contributed by atoms with E-state index >= 15 is 0 Å². The Balaban J connectivity index is 0.00000220. The summed E-state index contributed by atoms with van der Waals surface area (Å²) in [4.78, 5) is 14.3. The number of likely N-dealkylation sites (tertiary alicyclic amines) is 1. The Morgan fingerprint density at radius 1 is 1.10 bits per heavy atom. The molecular formula is C17H27BrN2O. The number of amides is 1. The van der Waals surface area contributed by atoms with Crippen LogP contribution in [0.3, 0.4) is 0 Å². The highest BCUT2D eigenvalue weighted by molar-refractivity contribution is 5.76. The Morgan fingerprint density at radius 2 is 1.71 bits per heavy atom. The van der Waals surface area contributed by atoms with Crippen molar-refractivity contribution < 1.29 is 26.3 Å². The number of unbranched alkanes of at least 4 members (excludes halogenated alkanes) is 1. The SMILES string of the molecule is CC1CC(C)CN(C(=O)CCCC[n+]2ccccc2)C1.[Br-]. The molecule has 118 valence electrons. The van der Waals surface area contributed by atoms with Gasteiger partial charge >= 0.3 is 0 Å². The van der Waals surface area contributed by atoms with Gasteiger partial charge < -0.3 is 21.9 Å². The molecule has 4 heteroatoms. The van der Waals surface area contributed by atoms with E-state index in [1.807, 2.05) is 18.2 Å². The molecular weight excluding hydrogens is 328 g/mol. The lowest BCUT2D eigenvalue weighted by atomic mass is 9.91. The minimum atomic E-state index is 0. The van der Waals surface area contributed by atoms with Crippen LogP contribution in [0.5, 0.6) is 0 Å². The van der Waals surface area contributed by atoms with E-state index in [1.165, 1.54) is 6.42 Å². The van der Waals surface area contributed by atoms with Crippen molar-refractivity contribution in [2.24, 2.45) is 11.8 Å². The highest BCUT2D eigenvalue weighted by Crippen LogP contribution is 2.21. The average Bonchev–Trinajstić information content (AvgIpc) is 2.43. The molecule has 2 heterocycles. The molecule has 0 radical (unpaired) electrons. The minimum Gasteiger partial charge on any atom is -1.00 e. The van der Waals surface area contributed by atoms with Gasteiger partial charge in [-0.25, -0.2) is 4.57 Å². The number of nitrogens with zero attached hydrogens (tertiary/aromatic N) is 2. The monoisotopic (exact) mass is 354 g/mol. The predicted molar refractivity (Wildman–Crippen MR) is 80.0 cm³/mol. The van der Waals surface area contributed by atoms with E-state index in [-0.39, 0.29) is 17.0 Å². The maximum absolute atomic E-state index is 12.2. The van der Waals surface area contributed by atoms with Crippen molar-refractivity contribution >= 4 is 5.91 Å². The van der Waals surface area contributed by atoms with Crippen molar-refractivity contribution in [1.82, 2.24) is 4.90 Å². The normalized spacial score (nSPS) is 21.7. The molecule has 21 heavy (non-hydrogen) atoms. The van der Waals surface area contributed by atoms with Gasteiger partial charge in [-0.15, -0.1) is 0 Å². The second-order valence-electron chi connectivity index (χ2n) is 6.32. The number of halogens is 1. The summed E-state index contributed by atoms with van der Waals surface area (Å²) in [6.07, 6.45) is 8.17. The average molecular weight is 355 g/mol. The van der Waals surface area contributed by atoms with Crippen LogP contribution < -0.4 is 21.5 Å². The van der Waals surface area contributed by atoms with Gasteiger partial charge in [0.1, 0.15) is 6.54 Å². The topological polar surface area (TPSA) is 24.2 Å². The minimum absolute atomic E-state index is 0. The van der Waals surface area contributed by atoms with Gasteiger partial charge in [0.2, 0.25) is 5.91 Å². The summed E-state index contributed by atoms with van der Waals surface area (Å²) in [7, 11) is 0. The van der Waals surface area contributed by atoms with E-state index in [0.717, 1.165) is 32.5 Å². The Kier molecular flexibility index (Phi) is 7.94. The highest BCUT2D eigenvalue weighted by Gasteiger charge is 2.24. The van der Waals surface area contributed by atoms with Crippen LogP contribution in [-0.2, 0) is 11.3 Å². The predicted octanol–water partition coefficient (Wildman–Crippen LogP) is -0.347. The maximum atomic E-state index is 12.2. The largest absolute Gasteiger partial charge is 1.00 e. The summed E-state index contributed by atoms with van der Waals surface area (Å²) < 4.78 is 2.18. The lowest BCUT2D eigenvalue weighted by molar-refractivity contribution is -0.697. The van der Waals surface area contributed by atoms with Crippen molar-refractivity contribution in [3.8, 4) is 0 Å². The number of aryl methyl sites for hydroxylation is 1. The number of piperidine rings is 1. The quantitative estimate of drug-likeness (QED) is 0.524. The van der Waals surface area contributed by atoms with Crippen LogP contribution >= 0.6 is 0 Å². The molecule has 1 saturated heterocycles. The molecule has 1 aliphatic heterocycles. The number of aromatic nitrogens is 1. The van der Waals surface area contributed by atoms with E-state index in [9.17, 15) is 4.79 Å². The summed E-state index contributed by atoms with van der Waals surface area (Å²) in [6.45, 7) is 7.41. The van der Waals surface area contributed by atoms with Crippen molar-refractivity contribution in [1.29, 1.82) is 0 Å². The Labute approximate surface area is 139 Å². The van der Waals surface area contributed by atoms with Gasteiger partial charge in [0.05, 0.1) is 0 Å². The number of hydrogen-bond acceptors (Lipinski definition) is 1. The second-order valence-corrected chi connectivity index (χ2v) is 6.32. The fourth-order valence-corrected chi connectivity index (χ4v) is 3.18. The Morgan fingerprint density at radius 3 is 2.33 bits per heavy atom. The number of rotatable bonds is 5. The molecule has 0 bridgehead atoms. The lowest BCUT2D eigenvalue weighted by Crippen LogP contribution is -3.00. The molecule has 0 aromatic carbocycles. The van der Waals surface area contributed by atoms with Crippen molar-refractivity contribution in [2.45, 2.75) is 46.1 Å². The zero-order valence-corrected chi connectivity index (χ0v) is 14.8. The second kappa shape index (κ2) is 9.19. The molecule has 1 aromatic heterocycles. The third kappa shape index (κ3) is 6.16. The zero-order chi connectivity index (χ0) is 14.4. The summed E-state index contributed by atoms with van der Waals surface area (Å²) in [5.41, 5.74) is 0. The summed E-state index contributed by atoms with van der Waals surface area (Å²) >= 11 is 0. The van der Waals surface area contributed by atoms with Crippen LogP contribution in [0.1, 0.15) is 39.5 Å². The van der Waals surface area contributed by atoms with Crippen LogP contribution in [0.4, 0.5) is 0 Å². The number of pyridine rings is 1. The first kappa shape index (κ1) is 18.1. The summed E-state index contributed by atoms with van der Waals surface area (Å²) in [6, 6.07) is 6.11. The van der Waals surface area contributed by atoms with Gasteiger partial charge in [0.25, 0.3) is 0 Å². The van der Waals surface area contributed by atoms with E-state index in [2.05, 4.69) is 35.7 Å². The van der Waals surface area contributed by atoms with Crippen molar-refractivity contribution in [3.05, 3.63) is 30.6 Å². The maximum Gasteiger partial charge on any atom is 0.222 e. The smallest absolute Gasteiger partial charge is 0.222 e. The van der Waals surface area contributed by atoms with Crippen LogP contribution in [0.15, 0.2) is 30.6 Å². The number of carbonyl (C=O) groups excluding carboxylic acids is 1. The molecule has 1 aliphatic rings. The van der Waals surface area contributed by atoms with Gasteiger partial charge in [-0.3, -0.25) is 4.79 Å². The van der Waals surface area contributed by atoms with Gasteiger partial charge in [-0.2, -0.15) is 0 Å². The van der Waals surface area contributed by atoms with E-state index in [0.29, 0.717) is 24.2 Å². The van der Waals surface area contributed by atoms with Gasteiger partial charge in [0, 0.05) is 38.1 Å². The van der Waals surface area contributed by atoms with Gasteiger partial charge in [-0.05, 0) is 24.7 Å². The fourth-order valence-electron chi connectivity index (χ4n) is 3.18. The molecule has 1 aromatic rings. The van der Waals surface area contributed by atoms with Crippen LogP contribution in [0.2, 0.25) is 0 Å². The number of carbonyl (C=O) groups is 1. The molecule has 1 fully saturated rings. The first-order chi connectivity index (χ1) is 9.65. The van der Waals surface area contributed by atoms with Gasteiger partial charge in [-0.1, -0.05) is 19.9 Å². The van der Waals surface area contributed by atoms with Gasteiger partial charge in [0.15, 0.2) is 12.4 Å². The Hall–Kier alpha value is -0.900. The zero-order valence-electron chi connectivity index (χ0n) is 13.2. The van der Waals surface area contributed by atoms with Crippen molar-refractivity contribution in [3.63, 3.8) is 0 Å². The third-order valence-corrected chi connectivity index (χ3v) is 4.06. The molecule has 0 spiro atoms. The molecule has 2 atom stereocenters. The number of hydrogen-bond donors (Lipinski definition) is 0. The van der Waals surface area contributed by atoms with E-state index < -0.39 is 0 Å². The molecule has 3 nitrogen and oxygen atoms in total. The van der Waals surface area contributed by atoms with E-state index in [1.54, 1.807) is 0 Å². The fraction of sp³-hybridized carbons (Fsp3) is 0.647. The highest BCUT2D eigenvalue weighted by atomic mass is 79.9. The lowest BCUT2D eigenvalue weighted by Gasteiger charge is -2.35. The van der Waals surface area contributed by atoms with Crippen LogP contribution in [0, 0.1) is 11.8 Å². The van der Waals surface area contributed by atoms with Crippen LogP contribution in [-0.4, -0.2) is 23.9 Å². The van der Waals surface area contributed by atoms with E-state index in [4.69, 9.17) is 0 Å². The molecule has 2 unspecified atom stereocenters. The standard InChI is InChI=1S/C17H27N2O.BrH/c1-15-12-16(2)14-19(13-15)17(20)8-4-7-11-18-9-5-3-6-10-18;/h3,5-6,9-10,15-16H,4,7-8,11-14H2,1-2H3;1H/q+1;/p-1. The third-order valence-electron chi connectivity index (χ3n) is 4.06. The molecule has 0 N–H and O–H groups in total. The summed E-state index contributed by atoms with van der Waals surface area (Å²) in [5, 5.41) is 0. The molecule has 0 aliphatic carbocycles. The molecule has 1 amide bonds.